The first kappa shape index (κ1) is 54.0. The molecule has 0 saturated heterocycles. The van der Waals surface area contributed by atoms with Crippen molar-refractivity contribution in [3.63, 3.8) is 0 Å². The summed E-state index contributed by atoms with van der Waals surface area (Å²) >= 11 is 0. The van der Waals surface area contributed by atoms with Crippen LogP contribution in [0, 0.1) is 0 Å². The number of hydrogen-bond donors (Lipinski definition) is 2. The Morgan fingerprint density at radius 2 is 1.00 bits per heavy atom. The molecule has 55 heavy (non-hydrogen) atoms. The van der Waals surface area contributed by atoms with Crippen LogP contribution >= 0.6 is 7.82 Å². The molecule has 2 atom stereocenters. The smallest absolute Gasteiger partial charge is 0.457 e. The number of esters is 1. The molecule has 0 aromatic carbocycles. The number of unbranched alkanes of at least 4 members (excludes halogenated alkanes) is 28. The van der Waals surface area contributed by atoms with Crippen molar-refractivity contribution in [2.75, 3.05) is 33.0 Å². The lowest BCUT2D eigenvalue weighted by molar-refractivity contribution is -0.154. The molecule has 0 aromatic heterocycles. The van der Waals surface area contributed by atoms with Crippen molar-refractivity contribution >= 4 is 13.8 Å². The van der Waals surface area contributed by atoms with Gasteiger partial charge in [-0.3, -0.25) is 13.8 Å². The van der Waals surface area contributed by atoms with Crippen molar-refractivity contribution in [3.8, 4) is 0 Å². The monoisotopic (exact) mass is 800 g/mol. The minimum Gasteiger partial charge on any atom is -0.457 e. The molecule has 0 aliphatic heterocycles. The van der Waals surface area contributed by atoms with Crippen LogP contribution in [0.3, 0.4) is 0 Å². The van der Waals surface area contributed by atoms with Crippen LogP contribution in [0.5, 0.6) is 0 Å². The molecular formula is C46H90NO7P. The zero-order chi connectivity index (χ0) is 40.2. The topological polar surface area (TPSA) is 117 Å². The fourth-order valence-electron chi connectivity index (χ4n) is 6.68. The highest BCUT2D eigenvalue weighted by molar-refractivity contribution is 7.47. The molecule has 0 rings (SSSR count). The lowest BCUT2D eigenvalue weighted by Crippen LogP contribution is -2.28. The zero-order valence-corrected chi connectivity index (χ0v) is 37.1. The molecule has 2 unspecified atom stereocenters. The standard InChI is InChI=1S/C46H90NO7P/c1-3-5-7-9-11-13-15-17-18-19-20-21-22-23-24-25-26-28-30-32-34-36-38-41-51-43-45(44-53-55(49,50)52-42-40-47)54-46(48)39-37-35-33-31-29-27-16-14-12-10-8-6-4-2/h8,10,14,16,45H,3-7,9,11-13,15,17-44,47H2,1-2H3,(H,49,50)/b10-8-,16-14-. The Morgan fingerprint density at radius 1 is 0.545 bits per heavy atom. The van der Waals surface area contributed by atoms with E-state index in [1.807, 2.05) is 0 Å². The first-order valence-electron chi connectivity index (χ1n) is 23.3. The molecule has 0 bridgehead atoms. The number of rotatable bonds is 45. The van der Waals surface area contributed by atoms with Gasteiger partial charge in [0.2, 0.25) is 0 Å². The van der Waals surface area contributed by atoms with Crippen molar-refractivity contribution < 1.29 is 32.8 Å². The average Bonchev–Trinajstić information content (AvgIpc) is 3.17. The molecule has 9 heteroatoms. The zero-order valence-electron chi connectivity index (χ0n) is 36.2. The Labute approximate surface area is 340 Å². The average molecular weight is 800 g/mol. The van der Waals surface area contributed by atoms with Gasteiger partial charge in [0, 0.05) is 19.6 Å². The molecule has 0 heterocycles. The van der Waals surface area contributed by atoms with E-state index in [9.17, 15) is 14.3 Å². The van der Waals surface area contributed by atoms with Crippen LogP contribution < -0.4 is 5.73 Å². The van der Waals surface area contributed by atoms with E-state index in [-0.39, 0.29) is 32.3 Å². The lowest BCUT2D eigenvalue weighted by atomic mass is 10.0. The number of carbonyl (C=O) groups is 1. The highest BCUT2D eigenvalue weighted by Gasteiger charge is 2.25. The first-order valence-corrected chi connectivity index (χ1v) is 24.8. The molecule has 0 amide bonds. The van der Waals surface area contributed by atoms with Gasteiger partial charge in [0.1, 0.15) is 6.10 Å². The summed E-state index contributed by atoms with van der Waals surface area (Å²) in [4.78, 5) is 22.5. The van der Waals surface area contributed by atoms with Gasteiger partial charge in [0.15, 0.2) is 0 Å². The third-order valence-electron chi connectivity index (χ3n) is 10.1. The number of nitrogens with two attached hydrogens (primary N) is 1. The summed E-state index contributed by atoms with van der Waals surface area (Å²) < 4.78 is 33.4. The van der Waals surface area contributed by atoms with Gasteiger partial charge in [-0.25, -0.2) is 4.57 Å². The molecule has 0 aliphatic carbocycles. The lowest BCUT2D eigenvalue weighted by Gasteiger charge is -2.20. The maximum Gasteiger partial charge on any atom is 0.472 e. The van der Waals surface area contributed by atoms with Crippen LogP contribution in [0.2, 0.25) is 0 Å². The fraction of sp³-hybridized carbons (Fsp3) is 0.891. The van der Waals surface area contributed by atoms with Gasteiger partial charge in [0.05, 0.1) is 19.8 Å². The molecule has 0 aromatic rings. The molecule has 326 valence electrons. The quantitative estimate of drug-likeness (QED) is 0.0271. The summed E-state index contributed by atoms with van der Waals surface area (Å²) in [6.45, 7) is 4.88. The van der Waals surface area contributed by atoms with Gasteiger partial charge >= 0.3 is 13.8 Å². The minimum absolute atomic E-state index is 0.0963. The van der Waals surface area contributed by atoms with E-state index < -0.39 is 13.9 Å². The molecule has 0 fully saturated rings. The summed E-state index contributed by atoms with van der Waals surface area (Å²) in [5.74, 6) is -0.341. The Kier molecular flexibility index (Phi) is 43.3. The van der Waals surface area contributed by atoms with E-state index in [0.717, 1.165) is 64.2 Å². The molecule has 0 saturated carbocycles. The van der Waals surface area contributed by atoms with Crippen molar-refractivity contribution in [3.05, 3.63) is 24.3 Å². The predicted octanol–water partition coefficient (Wildman–Crippen LogP) is 14.0. The van der Waals surface area contributed by atoms with Crippen molar-refractivity contribution in [1.82, 2.24) is 0 Å². The van der Waals surface area contributed by atoms with E-state index in [1.54, 1.807) is 0 Å². The summed E-state index contributed by atoms with van der Waals surface area (Å²) in [6.07, 6.45) is 49.3. The van der Waals surface area contributed by atoms with Gasteiger partial charge in [-0.1, -0.05) is 205 Å². The van der Waals surface area contributed by atoms with E-state index in [4.69, 9.17) is 24.3 Å². The van der Waals surface area contributed by atoms with Gasteiger partial charge in [-0.15, -0.1) is 0 Å². The van der Waals surface area contributed by atoms with Crippen LogP contribution in [0.25, 0.3) is 0 Å². The van der Waals surface area contributed by atoms with Crippen LogP contribution in [0.4, 0.5) is 0 Å². The highest BCUT2D eigenvalue weighted by Crippen LogP contribution is 2.43. The Morgan fingerprint density at radius 3 is 1.49 bits per heavy atom. The first-order chi connectivity index (χ1) is 26.9. The van der Waals surface area contributed by atoms with Crippen LogP contribution in [0.1, 0.15) is 226 Å². The predicted molar refractivity (Wildman–Crippen MR) is 233 cm³/mol. The third-order valence-corrected chi connectivity index (χ3v) is 11.1. The SMILES string of the molecule is CCC/C=C\C/C=C\CCCCCCCC(=O)OC(COCCCCCCCCCCCCCCCCCCCCCCCCC)COP(=O)(O)OCCN. The Hall–Kier alpha value is -1.02. The van der Waals surface area contributed by atoms with Crippen molar-refractivity contribution in [1.29, 1.82) is 0 Å². The largest absolute Gasteiger partial charge is 0.472 e. The summed E-state index contributed by atoms with van der Waals surface area (Å²) in [7, 11) is -4.28. The van der Waals surface area contributed by atoms with Crippen molar-refractivity contribution in [2.24, 2.45) is 5.73 Å². The molecular weight excluding hydrogens is 709 g/mol. The normalized spacial score (nSPS) is 13.6. The Bertz CT molecular complexity index is 900. The van der Waals surface area contributed by atoms with Crippen LogP contribution in [0.15, 0.2) is 24.3 Å². The molecule has 0 aliphatic rings. The second kappa shape index (κ2) is 44.1. The van der Waals surface area contributed by atoms with E-state index >= 15 is 0 Å². The van der Waals surface area contributed by atoms with Crippen molar-refractivity contribution in [2.45, 2.75) is 232 Å². The number of allylic oxidation sites excluding steroid dienone is 4. The second-order valence-electron chi connectivity index (χ2n) is 15.6. The second-order valence-corrected chi connectivity index (χ2v) is 17.1. The molecule has 0 radical (unpaired) electrons. The third kappa shape index (κ3) is 43.9. The minimum atomic E-state index is -4.28. The van der Waals surface area contributed by atoms with Gasteiger partial charge in [-0.2, -0.15) is 0 Å². The maximum atomic E-state index is 12.6. The highest BCUT2D eigenvalue weighted by atomic mass is 31.2. The number of phosphoric acid groups is 1. The van der Waals surface area contributed by atoms with Crippen LogP contribution in [-0.2, 0) is 27.9 Å². The maximum absolute atomic E-state index is 12.6. The van der Waals surface area contributed by atoms with E-state index in [2.05, 4.69) is 38.2 Å². The number of ether oxygens (including phenoxy) is 2. The van der Waals surface area contributed by atoms with E-state index in [1.165, 1.54) is 141 Å². The summed E-state index contributed by atoms with van der Waals surface area (Å²) in [5, 5.41) is 0. The van der Waals surface area contributed by atoms with Gasteiger partial charge in [0.25, 0.3) is 0 Å². The van der Waals surface area contributed by atoms with Gasteiger partial charge in [-0.05, 0) is 38.5 Å². The number of hydrogen-bond acceptors (Lipinski definition) is 7. The van der Waals surface area contributed by atoms with E-state index in [0.29, 0.717) is 13.0 Å². The summed E-state index contributed by atoms with van der Waals surface area (Å²) in [5.41, 5.74) is 5.37. The Balaban J connectivity index is 3.89. The molecule has 0 spiro atoms. The van der Waals surface area contributed by atoms with Gasteiger partial charge < -0.3 is 20.1 Å². The fourth-order valence-corrected chi connectivity index (χ4v) is 7.45. The van der Waals surface area contributed by atoms with Crippen LogP contribution in [-0.4, -0.2) is 49.9 Å². The molecule has 3 N–H and O–H groups in total. The molecule has 8 nitrogen and oxygen atoms in total. The number of phosphoric ester groups is 1. The number of carbonyl (C=O) groups excluding carboxylic acids is 1. The summed E-state index contributed by atoms with van der Waals surface area (Å²) in [6, 6.07) is 0.